The van der Waals surface area contributed by atoms with Crippen LogP contribution in [0.15, 0.2) is 48.5 Å². The molecule has 0 spiro atoms. The van der Waals surface area contributed by atoms with Crippen molar-refractivity contribution in [3.8, 4) is 0 Å². The molecule has 0 N–H and O–H groups in total. The molecule has 0 aliphatic rings. The van der Waals surface area contributed by atoms with Gasteiger partial charge in [0.25, 0.3) is 0 Å². The van der Waals surface area contributed by atoms with Crippen molar-refractivity contribution in [2.45, 2.75) is 12.8 Å². The Bertz CT molecular complexity index is 587. The lowest BCUT2D eigenvalue weighted by Crippen LogP contribution is -1.96. The summed E-state index contributed by atoms with van der Waals surface area (Å²) in [6, 6.07) is 15.1. The summed E-state index contributed by atoms with van der Waals surface area (Å²) in [5, 5.41) is 0. The fourth-order valence-electron chi connectivity index (χ4n) is 2.08. The zero-order chi connectivity index (χ0) is 13.0. The summed E-state index contributed by atoms with van der Waals surface area (Å²) >= 11 is 0. The van der Waals surface area contributed by atoms with Gasteiger partial charge in [0.05, 0.1) is 13.1 Å². The van der Waals surface area contributed by atoms with Crippen molar-refractivity contribution in [2.24, 2.45) is 0 Å². The van der Waals surface area contributed by atoms with Crippen molar-refractivity contribution in [1.82, 2.24) is 0 Å². The summed E-state index contributed by atoms with van der Waals surface area (Å²) in [5.74, 6) is 0.0561. The van der Waals surface area contributed by atoms with Gasteiger partial charge in [-0.3, -0.25) is 0 Å². The van der Waals surface area contributed by atoms with Crippen molar-refractivity contribution in [3.63, 3.8) is 0 Å². The first-order valence-corrected chi connectivity index (χ1v) is 5.70. The van der Waals surface area contributed by atoms with Crippen molar-refractivity contribution < 1.29 is 0 Å². The minimum atomic E-state index is 0.0561. The number of benzene rings is 2. The first-order valence-electron chi connectivity index (χ1n) is 5.70. The normalized spacial score (nSPS) is 9.78. The molecule has 2 rings (SSSR count). The van der Waals surface area contributed by atoms with Crippen LogP contribution in [0.25, 0.3) is 9.69 Å². The molecule has 86 valence electrons. The molecule has 0 saturated heterocycles. The molecule has 2 aromatic carbocycles. The van der Waals surface area contributed by atoms with Gasteiger partial charge in [-0.2, -0.15) is 0 Å². The van der Waals surface area contributed by atoms with E-state index in [4.69, 9.17) is 13.1 Å². The summed E-state index contributed by atoms with van der Waals surface area (Å²) in [4.78, 5) is 7.09. The van der Waals surface area contributed by atoms with Gasteiger partial charge < -0.3 is 0 Å². The van der Waals surface area contributed by atoms with Crippen molar-refractivity contribution in [3.05, 3.63) is 82.5 Å². The second kappa shape index (κ2) is 5.17. The average Bonchev–Trinajstić information content (AvgIpc) is 2.46. The summed E-state index contributed by atoms with van der Waals surface area (Å²) in [6.45, 7) is 16.4. The van der Waals surface area contributed by atoms with Crippen LogP contribution in [0.1, 0.15) is 24.0 Å². The van der Waals surface area contributed by atoms with E-state index in [1.807, 2.05) is 55.5 Å². The molecule has 0 radical (unpaired) electrons. The van der Waals surface area contributed by atoms with E-state index >= 15 is 0 Å². The van der Waals surface area contributed by atoms with Crippen LogP contribution >= 0.6 is 0 Å². The Balaban J connectivity index is 2.53. The predicted molar refractivity (Wildman–Crippen MR) is 72.9 cm³/mol. The van der Waals surface area contributed by atoms with E-state index in [0.29, 0.717) is 11.4 Å². The molecule has 0 heterocycles. The number of nitrogens with zero attached hydrogens (tertiary/aromatic N) is 2. The smallest absolute Gasteiger partial charge is 0.190 e. The van der Waals surface area contributed by atoms with Gasteiger partial charge in [-0.15, -0.1) is 0 Å². The Morgan fingerprint density at radius 1 is 0.778 bits per heavy atom. The van der Waals surface area contributed by atoms with Crippen molar-refractivity contribution in [1.29, 1.82) is 0 Å². The van der Waals surface area contributed by atoms with Gasteiger partial charge in [-0.05, 0) is 17.0 Å². The van der Waals surface area contributed by atoms with Crippen LogP contribution in [0.2, 0.25) is 0 Å². The van der Waals surface area contributed by atoms with E-state index in [0.717, 1.165) is 11.1 Å². The summed E-state index contributed by atoms with van der Waals surface area (Å²) < 4.78 is 0. The average molecular weight is 232 g/mol. The first kappa shape index (κ1) is 11.9. The molecular weight excluding hydrogens is 220 g/mol. The van der Waals surface area contributed by atoms with Crippen molar-refractivity contribution >= 4 is 11.4 Å². The van der Waals surface area contributed by atoms with Crippen LogP contribution in [0.4, 0.5) is 11.4 Å². The maximum absolute atomic E-state index is 7.20. The lowest BCUT2D eigenvalue weighted by atomic mass is 9.91. The summed E-state index contributed by atoms with van der Waals surface area (Å²) in [6.07, 6.45) is 0. The van der Waals surface area contributed by atoms with Crippen LogP contribution in [-0.2, 0) is 0 Å². The zero-order valence-corrected chi connectivity index (χ0v) is 10.1. The van der Waals surface area contributed by atoms with Crippen LogP contribution in [0.5, 0.6) is 0 Å². The fraction of sp³-hybridized carbons (Fsp3) is 0.125. The summed E-state index contributed by atoms with van der Waals surface area (Å²) in [7, 11) is 0. The highest BCUT2D eigenvalue weighted by atomic mass is 14.7. The van der Waals surface area contributed by atoms with E-state index in [9.17, 15) is 0 Å². The third kappa shape index (κ3) is 2.10. The van der Waals surface area contributed by atoms with Crippen LogP contribution < -0.4 is 0 Å². The number of para-hydroxylation sites is 2. The number of hydrogen-bond acceptors (Lipinski definition) is 0. The minimum Gasteiger partial charge on any atom is -0.238 e. The molecule has 0 aliphatic heterocycles. The Morgan fingerprint density at radius 2 is 1.17 bits per heavy atom. The molecule has 2 aromatic rings. The number of rotatable bonds is 2. The van der Waals surface area contributed by atoms with E-state index in [-0.39, 0.29) is 5.92 Å². The number of hydrogen-bond donors (Lipinski definition) is 0. The minimum absolute atomic E-state index is 0.0561. The summed E-state index contributed by atoms with van der Waals surface area (Å²) in [5.41, 5.74) is 3.27. The van der Waals surface area contributed by atoms with Gasteiger partial charge in [0, 0.05) is 0 Å². The Labute approximate surface area is 107 Å². The molecule has 0 aliphatic carbocycles. The highest BCUT2D eigenvalue weighted by Gasteiger charge is 2.14. The molecular formula is C16H12N2. The Kier molecular flexibility index (Phi) is 3.41. The highest BCUT2D eigenvalue weighted by molar-refractivity contribution is 5.61. The maximum Gasteiger partial charge on any atom is 0.190 e. The van der Waals surface area contributed by atoms with E-state index in [1.165, 1.54) is 0 Å². The fourth-order valence-corrected chi connectivity index (χ4v) is 2.08. The second-order valence-corrected chi connectivity index (χ2v) is 4.06. The maximum atomic E-state index is 7.20. The van der Waals surface area contributed by atoms with E-state index < -0.39 is 0 Å². The van der Waals surface area contributed by atoms with Gasteiger partial charge in [-0.25, -0.2) is 9.69 Å². The van der Waals surface area contributed by atoms with Gasteiger partial charge in [0.1, 0.15) is 0 Å². The zero-order valence-electron chi connectivity index (χ0n) is 10.1. The second-order valence-electron chi connectivity index (χ2n) is 4.06. The molecule has 0 amide bonds. The van der Waals surface area contributed by atoms with Crippen LogP contribution in [0.3, 0.4) is 0 Å². The van der Waals surface area contributed by atoms with Gasteiger partial charge in [0.2, 0.25) is 0 Å². The van der Waals surface area contributed by atoms with Crippen LogP contribution in [-0.4, -0.2) is 0 Å². The highest BCUT2D eigenvalue weighted by Crippen LogP contribution is 2.36. The topological polar surface area (TPSA) is 8.72 Å². The first-order chi connectivity index (χ1) is 8.77. The SMILES string of the molecule is [C-]#[N+]c1ccccc1C(C)c1ccccc1[N+]#[C-]. The monoisotopic (exact) mass is 232 g/mol. The molecule has 0 atom stereocenters. The van der Waals surface area contributed by atoms with Crippen LogP contribution in [0, 0.1) is 13.1 Å². The van der Waals surface area contributed by atoms with Gasteiger partial charge in [-0.1, -0.05) is 55.5 Å². The third-order valence-corrected chi connectivity index (χ3v) is 3.05. The van der Waals surface area contributed by atoms with E-state index in [2.05, 4.69) is 9.69 Å². The lowest BCUT2D eigenvalue weighted by molar-refractivity contribution is 0.932. The molecule has 0 aromatic heterocycles. The Morgan fingerprint density at radius 3 is 1.56 bits per heavy atom. The van der Waals surface area contributed by atoms with Gasteiger partial charge in [0.15, 0.2) is 11.4 Å². The van der Waals surface area contributed by atoms with E-state index in [1.54, 1.807) is 0 Å². The molecule has 0 saturated carbocycles. The standard InChI is InChI=1S/C16H12N2/c1-12(13-8-4-6-10-15(13)17-2)14-9-5-7-11-16(14)18-3/h4-12H,1H3. The molecule has 2 nitrogen and oxygen atoms in total. The Hall–Kier alpha value is -2.58. The lowest BCUT2D eigenvalue weighted by Gasteiger charge is -2.15. The van der Waals surface area contributed by atoms with Gasteiger partial charge >= 0.3 is 0 Å². The molecule has 0 fully saturated rings. The predicted octanol–water partition coefficient (Wildman–Crippen LogP) is 4.94. The quantitative estimate of drug-likeness (QED) is 0.648. The van der Waals surface area contributed by atoms with Crippen molar-refractivity contribution in [2.75, 3.05) is 0 Å². The molecule has 0 bridgehead atoms. The largest absolute Gasteiger partial charge is 0.238 e. The molecule has 0 unspecified atom stereocenters. The third-order valence-electron chi connectivity index (χ3n) is 3.05. The molecule has 2 heteroatoms. The molecule has 18 heavy (non-hydrogen) atoms.